The van der Waals surface area contributed by atoms with Gasteiger partial charge in [-0.2, -0.15) is 0 Å². The Kier molecular flexibility index (Phi) is 4.88. The zero-order chi connectivity index (χ0) is 14.6. The molecule has 4 N–H and O–H groups in total. The lowest BCUT2D eigenvalue weighted by Crippen LogP contribution is -2.45. The van der Waals surface area contributed by atoms with Gasteiger partial charge in [-0.1, -0.05) is 6.07 Å². The van der Waals surface area contributed by atoms with Crippen LogP contribution < -0.4 is 10.6 Å². The standard InChI is InChI=1S/C13H18N2O4/c1-3-15(13(19)10(14)7-12(17)18)11-6-9(16)5-4-8(11)2/h4-6,10,16H,3,7,14H2,1-2H3,(H,17,18). The van der Waals surface area contributed by atoms with Crippen molar-refractivity contribution in [1.82, 2.24) is 0 Å². The lowest BCUT2D eigenvalue weighted by molar-refractivity contribution is -0.139. The second kappa shape index (κ2) is 6.19. The van der Waals surface area contributed by atoms with Crippen LogP contribution in [0.3, 0.4) is 0 Å². The maximum absolute atomic E-state index is 12.1. The van der Waals surface area contributed by atoms with E-state index in [0.29, 0.717) is 12.2 Å². The first-order valence-corrected chi connectivity index (χ1v) is 5.95. The van der Waals surface area contributed by atoms with Crippen LogP contribution in [0.15, 0.2) is 18.2 Å². The fourth-order valence-electron chi connectivity index (χ4n) is 1.81. The minimum Gasteiger partial charge on any atom is -0.508 e. The third-order valence-corrected chi connectivity index (χ3v) is 2.78. The average molecular weight is 266 g/mol. The number of nitrogens with zero attached hydrogens (tertiary/aromatic N) is 1. The molecule has 0 aliphatic heterocycles. The van der Waals surface area contributed by atoms with E-state index >= 15 is 0 Å². The molecular weight excluding hydrogens is 248 g/mol. The van der Waals surface area contributed by atoms with Gasteiger partial charge in [0, 0.05) is 12.6 Å². The number of hydrogen-bond acceptors (Lipinski definition) is 4. The number of anilines is 1. The van der Waals surface area contributed by atoms with Crippen LogP contribution in [0.25, 0.3) is 0 Å². The fourth-order valence-corrected chi connectivity index (χ4v) is 1.81. The molecule has 0 saturated heterocycles. The number of carboxylic acid groups (broad SMARTS) is 1. The number of hydrogen-bond donors (Lipinski definition) is 3. The van der Waals surface area contributed by atoms with E-state index in [2.05, 4.69) is 0 Å². The van der Waals surface area contributed by atoms with Gasteiger partial charge < -0.3 is 20.8 Å². The number of amides is 1. The normalized spacial score (nSPS) is 11.9. The molecule has 1 unspecified atom stereocenters. The van der Waals surface area contributed by atoms with Crippen LogP contribution in [-0.2, 0) is 9.59 Å². The molecule has 0 saturated carbocycles. The Labute approximate surface area is 111 Å². The van der Waals surface area contributed by atoms with Gasteiger partial charge in [0.25, 0.3) is 0 Å². The van der Waals surface area contributed by atoms with Crippen molar-refractivity contribution in [3.8, 4) is 5.75 Å². The monoisotopic (exact) mass is 266 g/mol. The van der Waals surface area contributed by atoms with E-state index in [1.807, 2.05) is 0 Å². The number of rotatable bonds is 5. The summed E-state index contributed by atoms with van der Waals surface area (Å²) in [5.74, 6) is -1.55. The Bertz CT molecular complexity index is 488. The molecule has 0 fully saturated rings. The highest BCUT2D eigenvalue weighted by Gasteiger charge is 2.24. The molecule has 0 aromatic heterocycles. The van der Waals surface area contributed by atoms with Gasteiger partial charge in [-0.15, -0.1) is 0 Å². The first-order chi connectivity index (χ1) is 8.86. The number of benzene rings is 1. The number of carboxylic acids is 1. The van der Waals surface area contributed by atoms with Crippen LogP contribution in [0.2, 0.25) is 0 Å². The van der Waals surface area contributed by atoms with Crippen LogP contribution in [-0.4, -0.2) is 34.7 Å². The number of aromatic hydroxyl groups is 1. The smallest absolute Gasteiger partial charge is 0.305 e. The zero-order valence-corrected chi connectivity index (χ0v) is 11.0. The summed E-state index contributed by atoms with van der Waals surface area (Å²) in [5, 5.41) is 18.2. The summed E-state index contributed by atoms with van der Waals surface area (Å²) >= 11 is 0. The molecule has 0 bridgehead atoms. The molecule has 0 aliphatic rings. The third kappa shape index (κ3) is 3.69. The molecule has 6 nitrogen and oxygen atoms in total. The van der Waals surface area contributed by atoms with Gasteiger partial charge in [0.2, 0.25) is 5.91 Å². The summed E-state index contributed by atoms with van der Waals surface area (Å²) < 4.78 is 0. The molecule has 1 rings (SSSR count). The van der Waals surface area contributed by atoms with Gasteiger partial charge >= 0.3 is 5.97 Å². The summed E-state index contributed by atoms with van der Waals surface area (Å²) in [4.78, 5) is 24.1. The van der Waals surface area contributed by atoms with Crippen LogP contribution in [0, 0.1) is 6.92 Å². The van der Waals surface area contributed by atoms with Gasteiger partial charge in [-0.25, -0.2) is 0 Å². The highest BCUT2D eigenvalue weighted by Crippen LogP contribution is 2.25. The summed E-state index contributed by atoms with van der Waals surface area (Å²) in [5.41, 5.74) is 6.92. The SMILES string of the molecule is CCN(C(=O)C(N)CC(=O)O)c1cc(O)ccc1C. The van der Waals surface area contributed by atoms with Gasteiger partial charge in [0.15, 0.2) is 0 Å². The van der Waals surface area contributed by atoms with E-state index in [-0.39, 0.29) is 5.75 Å². The van der Waals surface area contributed by atoms with Crippen LogP contribution in [0.5, 0.6) is 5.75 Å². The largest absolute Gasteiger partial charge is 0.508 e. The maximum Gasteiger partial charge on any atom is 0.305 e. The predicted molar refractivity (Wildman–Crippen MR) is 71.1 cm³/mol. The van der Waals surface area contributed by atoms with Crippen molar-refractivity contribution >= 4 is 17.6 Å². The molecule has 6 heteroatoms. The van der Waals surface area contributed by atoms with Crippen molar-refractivity contribution in [2.24, 2.45) is 5.73 Å². The highest BCUT2D eigenvalue weighted by molar-refractivity contribution is 5.99. The van der Waals surface area contributed by atoms with Crippen LogP contribution >= 0.6 is 0 Å². The Balaban J connectivity index is 3.03. The minimum absolute atomic E-state index is 0.0404. The molecule has 19 heavy (non-hydrogen) atoms. The van der Waals surface area contributed by atoms with E-state index in [1.165, 1.54) is 17.0 Å². The molecular formula is C13H18N2O4. The van der Waals surface area contributed by atoms with Crippen molar-refractivity contribution in [3.05, 3.63) is 23.8 Å². The lowest BCUT2D eigenvalue weighted by atomic mass is 10.1. The number of nitrogens with two attached hydrogens (primary N) is 1. The summed E-state index contributed by atoms with van der Waals surface area (Å²) in [7, 11) is 0. The highest BCUT2D eigenvalue weighted by atomic mass is 16.4. The number of phenols is 1. The number of carbonyl (C=O) groups is 2. The number of carbonyl (C=O) groups excluding carboxylic acids is 1. The van der Waals surface area contributed by atoms with E-state index in [4.69, 9.17) is 10.8 Å². The topological polar surface area (TPSA) is 104 Å². The Morgan fingerprint density at radius 3 is 2.58 bits per heavy atom. The molecule has 0 heterocycles. The minimum atomic E-state index is -1.12. The quantitative estimate of drug-likeness (QED) is 0.733. The molecule has 1 atom stereocenters. The molecule has 104 valence electrons. The van der Waals surface area contributed by atoms with E-state index in [1.54, 1.807) is 19.9 Å². The first-order valence-electron chi connectivity index (χ1n) is 5.95. The summed E-state index contributed by atoms with van der Waals surface area (Å²) in [6.07, 6.45) is -0.423. The zero-order valence-electron chi connectivity index (χ0n) is 11.0. The predicted octanol–water partition coefficient (Wildman–Crippen LogP) is 0.856. The molecule has 1 aromatic rings. The van der Waals surface area contributed by atoms with Crippen molar-refractivity contribution in [1.29, 1.82) is 0 Å². The Morgan fingerprint density at radius 1 is 1.42 bits per heavy atom. The second-order valence-electron chi connectivity index (χ2n) is 4.26. The molecule has 0 spiro atoms. The maximum atomic E-state index is 12.1. The number of aryl methyl sites for hydroxylation is 1. The molecule has 1 amide bonds. The first kappa shape index (κ1) is 15.0. The van der Waals surface area contributed by atoms with Crippen molar-refractivity contribution in [2.75, 3.05) is 11.4 Å². The molecule has 0 radical (unpaired) electrons. The Morgan fingerprint density at radius 2 is 2.05 bits per heavy atom. The second-order valence-corrected chi connectivity index (χ2v) is 4.26. The van der Waals surface area contributed by atoms with Crippen molar-refractivity contribution in [3.63, 3.8) is 0 Å². The number of likely N-dealkylation sites (N-methyl/N-ethyl adjacent to an activating group) is 1. The van der Waals surface area contributed by atoms with Gasteiger partial charge in [-0.05, 0) is 25.5 Å². The van der Waals surface area contributed by atoms with E-state index in [9.17, 15) is 14.7 Å². The lowest BCUT2D eigenvalue weighted by Gasteiger charge is -2.25. The summed E-state index contributed by atoms with van der Waals surface area (Å²) in [6, 6.07) is 3.57. The van der Waals surface area contributed by atoms with Gasteiger partial charge in [0.1, 0.15) is 5.75 Å². The fraction of sp³-hybridized carbons (Fsp3) is 0.385. The van der Waals surface area contributed by atoms with Gasteiger partial charge in [-0.3, -0.25) is 9.59 Å². The van der Waals surface area contributed by atoms with Crippen molar-refractivity contribution in [2.45, 2.75) is 26.3 Å². The average Bonchev–Trinajstić information content (AvgIpc) is 2.33. The van der Waals surface area contributed by atoms with Crippen molar-refractivity contribution < 1.29 is 19.8 Å². The van der Waals surface area contributed by atoms with E-state index in [0.717, 1.165) is 5.56 Å². The molecule has 1 aromatic carbocycles. The van der Waals surface area contributed by atoms with Crippen LogP contribution in [0.4, 0.5) is 5.69 Å². The Hall–Kier alpha value is -2.08. The van der Waals surface area contributed by atoms with Crippen LogP contribution in [0.1, 0.15) is 18.9 Å². The van der Waals surface area contributed by atoms with Gasteiger partial charge in [0.05, 0.1) is 18.2 Å². The number of aliphatic carboxylic acids is 1. The van der Waals surface area contributed by atoms with E-state index < -0.39 is 24.3 Å². The third-order valence-electron chi connectivity index (χ3n) is 2.78. The summed E-state index contributed by atoms with van der Waals surface area (Å²) in [6.45, 7) is 3.90. The number of phenolic OH excluding ortho intramolecular Hbond substituents is 1. The molecule has 0 aliphatic carbocycles.